The third-order valence-electron chi connectivity index (χ3n) is 11.0. The summed E-state index contributed by atoms with van der Waals surface area (Å²) in [7, 11) is -4.78. The number of esters is 2. The predicted molar refractivity (Wildman–Crippen MR) is 243 cm³/mol. The Morgan fingerprint density at radius 3 is 1.12 bits per heavy atom. The van der Waals surface area contributed by atoms with Crippen LogP contribution in [0.25, 0.3) is 0 Å². The Labute approximate surface area is 356 Å². The van der Waals surface area contributed by atoms with Gasteiger partial charge in [0.1, 0.15) is 4.90 Å². The standard InChI is InChI=1S/C50H86O7S/c1-3-5-7-9-11-13-15-17-19-21-23-25-27-29-31-33-35-37-39-44-56-49(51)46-42-41-43-47(58(53,54)55)48(46)50(52)57-45-40-38-36-34-32-30-28-26-24-22-20-18-16-14-12-10-8-6-4-2/h33-36,41-43H,3-32,37-40,44-45H2,1-2H3,(H,53,54,55)/b35-33+,36-34+. The number of unbranched alkanes of at least 4 members (excludes halogenated alkanes) is 30. The number of ether oxygens (including phenoxy) is 2. The number of benzene rings is 1. The summed E-state index contributed by atoms with van der Waals surface area (Å²) in [5.41, 5.74) is -0.724. The lowest BCUT2D eigenvalue weighted by Crippen LogP contribution is -2.19. The molecule has 0 bridgehead atoms. The van der Waals surface area contributed by atoms with E-state index in [2.05, 4.69) is 38.2 Å². The Balaban J connectivity index is 2.22. The van der Waals surface area contributed by atoms with Gasteiger partial charge < -0.3 is 9.47 Å². The van der Waals surface area contributed by atoms with Gasteiger partial charge in [0.25, 0.3) is 10.1 Å². The van der Waals surface area contributed by atoms with E-state index in [0.717, 1.165) is 25.3 Å². The lowest BCUT2D eigenvalue weighted by atomic mass is 10.0. The lowest BCUT2D eigenvalue weighted by molar-refractivity contribution is 0.0450. The summed E-state index contributed by atoms with van der Waals surface area (Å²) in [5, 5.41) is 0. The predicted octanol–water partition coefficient (Wildman–Crippen LogP) is 15.7. The molecule has 0 aliphatic heterocycles. The van der Waals surface area contributed by atoms with E-state index in [-0.39, 0.29) is 18.8 Å². The van der Waals surface area contributed by atoms with Crippen molar-refractivity contribution in [3.63, 3.8) is 0 Å². The highest BCUT2D eigenvalue weighted by Crippen LogP contribution is 2.23. The molecule has 0 unspecified atom stereocenters. The minimum Gasteiger partial charge on any atom is -0.462 e. The molecule has 58 heavy (non-hydrogen) atoms. The second-order valence-corrected chi connectivity index (χ2v) is 17.8. The smallest absolute Gasteiger partial charge is 0.340 e. The molecule has 0 amide bonds. The molecule has 0 saturated heterocycles. The summed E-state index contributed by atoms with van der Waals surface area (Å²) in [6.45, 7) is 4.72. The van der Waals surface area contributed by atoms with Gasteiger partial charge in [-0.2, -0.15) is 8.42 Å². The van der Waals surface area contributed by atoms with Crippen molar-refractivity contribution in [2.24, 2.45) is 0 Å². The Morgan fingerprint density at radius 1 is 0.466 bits per heavy atom. The molecule has 0 saturated carbocycles. The van der Waals surface area contributed by atoms with E-state index in [1.54, 1.807) is 0 Å². The molecule has 0 aliphatic rings. The van der Waals surface area contributed by atoms with E-state index in [9.17, 15) is 22.6 Å². The molecule has 1 aromatic rings. The van der Waals surface area contributed by atoms with Crippen LogP contribution in [-0.4, -0.2) is 38.1 Å². The molecule has 1 N–H and O–H groups in total. The molecular weight excluding hydrogens is 745 g/mol. The van der Waals surface area contributed by atoms with E-state index < -0.39 is 32.5 Å². The Morgan fingerprint density at radius 2 is 0.776 bits per heavy atom. The third-order valence-corrected chi connectivity index (χ3v) is 11.9. The van der Waals surface area contributed by atoms with Crippen LogP contribution in [0.15, 0.2) is 47.4 Å². The molecular formula is C50H86O7S. The molecule has 334 valence electrons. The van der Waals surface area contributed by atoms with E-state index in [1.807, 2.05) is 0 Å². The van der Waals surface area contributed by atoms with Gasteiger partial charge in [-0.1, -0.05) is 211 Å². The molecule has 0 atom stereocenters. The second-order valence-electron chi connectivity index (χ2n) is 16.4. The number of carbonyl (C=O) groups excluding carboxylic acids is 2. The molecule has 0 aliphatic carbocycles. The summed E-state index contributed by atoms with van der Waals surface area (Å²) in [6.07, 6.45) is 50.9. The van der Waals surface area contributed by atoms with Crippen molar-refractivity contribution in [1.82, 2.24) is 0 Å². The Bertz CT molecular complexity index is 1300. The zero-order chi connectivity index (χ0) is 42.2. The summed E-state index contributed by atoms with van der Waals surface area (Å²) in [4.78, 5) is 25.4. The maximum absolute atomic E-state index is 13.1. The Kier molecular flexibility index (Phi) is 35.8. The van der Waals surface area contributed by atoms with Crippen LogP contribution in [0.1, 0.15) is 253 Å². The molecule has 0 fully saturated rings. The number of hydrogen-bond acceptors (Lipinski definition) is 6. The van der Waals surface area contributed by atoms with Crippen molar-refractivity contribution in [2.45, 2.75) is 237 Å². The van der Waals surface area contributed by atoms with E-state index in [0.29, 0.717) is 19.3 Å². The fourth-order valence-electron chi connectivity index (χ4n) is 7.39. The molecule has 0 heterocycles. The van der Waals surface area contributed by atoms with Crippen molar-refractivity contribution in [1.29, 1.82) is 0 Å². The molecule has 8 heteroatoms. The Hall–Kier alpha value is -2.45. The monoisotopic (exact) mass is 831 g/mol. The first-order valence-electron chi connectivity index (χ1n) is 24.1. The van der Waals surface area contributed by atoms with Crippen molar-refractivity contribution in [3.05, 3.63) is 53.6 Å². The van der Waals surface area contributed by atoms with Gasteiger partial charge in [-0.25, -0.2) is 9.59 Å². The summed E-state index contributed by atoms with van der Waals surface area (Å²) < 4.78 is 44.8. The first-order chi connectivity index (χ1) is 28.3. The van der Waals surface area contributed by atoms with Crippen LogP contribution >= 0.6 is 0 Å². The molecule has 0 radical (unpaired) electrons. The quantitative estimate of drug-likeness (QED) is 0.0303. The van der Waals surface area contributed by atoms with Crippen LogP contribution in [0.3, 0.4) is 0 Å². The van der Waals surface area contributed by atoms with Gasteiger partial charge in [-0.05, 0) is 63.5 Å². The minimum atomic E-state index is -4.78. The normalized spacial score (nSPS) is 11.9. The summed E-state index contributed by atoms with van der Waals surface area (Å²) in [5.74, 6) is -1.80. The van der Waals surface area contributed by atoms with Gasteiger partial charge >= 0.3 is 11.9 Å². The van der Waals surface area contributed by atoms with E-state index in [4.69, 9.17) is 9.47 Å². The summed E-state index contributed by atoms with van der Waals surface area (Å²) >= 11 is 0. The van der Waals surface area contributed by atoms with Crippen molar-refractivity contribution < 1.29 is 32.0 Å². The molecule has 1 rings (SSSR count). The van der Waals surface area contributed by atoms with Crippen molar-refractivity contribution in [2.75, 3.05) is 13.2 Å². The maximum atomic E-state index is 13.1. The van der Waals surface area contributed by atoms with Gasteiger partial charge in [-0.15, -0.1) is 0 Å². The molecule has 0 spiro atoms. The SMILES string of the molecule is CCCCCCCCCCCCCCCC/C=C/CCCOC(=O)c1cccc(S(=O)(=O)O)c1C(=O)OCCC/C=C/CCCCCCCCCCCCCCCC. The first-order valence-corrected chi connectivity index (χ1v) is 25.5. The average molecular weight is 831 g/mol. The topological polar surface area (TPSA) is 107 Å². The van der Waals surface area contributed by atoms with E-state index >= 15 is 0 Å². The van der Waals surface area contributed by atoms with Crippen LogP contribution < -0.4 is 0 Å². The van der Waals surface area contributed by atoms with Crippen LogP contribution in [-0.2, 0) is 19.6 Å². The number of rotatable bonds is 41. The summed E-state index contributed by atoms with van der Waals surface area (Å²) in [6, 6.07) is 3.72. The molecule has 7 nitrogen and oxygen atoms in total. The van der Waals surface area contributed by atoms with Gasteiger partial charge in [0.15, 0.2) is 0 Å². The van der Waals surface area contributed by atoms with Crippen molar-refractivity contribution in [3.8, 4) is 0 Å². The number of carbonyl (C=O) groups is 2. The number of hydrogen-bond donors (Lipinski definition) is 1. The second kappa shape index (κ2) is 38.7. The first kappa shape index (κ1) is 53.6. The van der Waals surface area contributed by atoms with Gasteiger partial charge in [-0.3, -0.25) is 4.55 Å². The lowest BCUT2D eigenvalue weighted by Gasteiger charge is -2.12. The van der Waals surface area contributed by atoms with Gasteiger partial charge in [0, 0.05) is 0 Å². The zero-order valence-corrected chi connectivity index (χ0v) is 38.1. The highest BCUT2D eigenvalue weighted by Gasteiger charge is 2.28. The minimum absolute atomic E-state index is 0.0576. The van der Waals surface area contributed by atoms with Gasteiger partial charge in [0.05, 0.1) is 24.3 Å². The van der Waals surface area contributed by atoms with Crippen molar-refractivity contribution >= 4 is 22.1 Å². The fraction of sp³-hybridized carbons (Fsp3) is 0.760. The van der Waals surface area contributed by atoms with Crippen LogP contribution in [0.4, 0.5) is 0 Å². The van der Waals surface area contributed by atoms with Gasteiger partial charge in [0.2, 0.25) is 0 Å². The molecule has 1 aromatic carbocycles. The highest BCUT2D eigenvalue weighted by atomic mass is 32.2. The van der Waals surface area contributed by atoms with Crippen LogP contribution in [0, 0.1) is 0 Å². The molecule has 0 aromatic heterocycles. The van der Waals surface area contributed by atoms with E-state index in [1.165, 1.54) is 192 Å². The van der Waals surface area contributed by atoms with Crippen LogP contribution in [0.2, 0.25) is 0 Å². The zero-order valence-electron chi connectivity index (χ0n) is 37.3. The number of allylic oxidation sites excluding steroid dienone is 4. The highest BCUT2D eigenvalue weighted by molar-refractivity contribution is 7.86. The third kappa shape index (κ3) is 30.6. The largest absolute Gasteiger partial charge is 0.462 e. The average Bonchev–Trinajstić information content (AvgIpc) is 3.21. The van der Waals surface area contributed by atoms with Crippen LogP contribution in [0.5, 0.6) is 0 Å². The maximum Gasteiger partial charge on any atom is 0.340 e. The fourth-order valence-corrected chi connectivity index (χ4v) is 8.10.